The molecule has 0 spiro atoms. The predicted octanol–water partition coefficient (Wildman–Crippen LogP) is 2.99. The molecule has 3 nitrogen and oxygen atoms in total. The van der Waals surface area contributed by atoms with Crippen LogP contribution in [0.2, 0.25) is 0 Å². The zero-order valence-corrected chi connectivity index (χ0v) is 11.3. The molecule has 1 aliphatic rings. The van der Waals surface area contributed by atoms with E-state index in [2.05, 4.69) is 5.32 Å². The number of rotatable bonds is 5. The van der Waals surface area contributed by atoms with E-state index in [0.717, 1.165) is 24.3 Å². The molecular formula is C15H23NO2. The number of ether oxygens (including phenoxy) is 2. The van der Waals surface area contributed by atoms with Gasteiger partial charge in [0.05, 0.1) is 6.61 Å². The summed E-state index contributed by atoms with van der Waals surface area (Å²) >= 11 is 0. The van der Waals surface area contributed by atoms with Crippen molar-refractivity contribution in [2.24, 2.45) is 0 Å². The highest BCUT2D eigenvalue weighted by Crippen LogP contribution is 2.25. The van der Waals surface area contributed by atoms with Crippen LogP contribution in [0.4, 0.5) is 0 Å². The third-order valence-electron chi connectivity index (χ3n) is 3.47. The van der Waals surface area contributed by atoms with Gasteiger partial charge in [0.1, 0.15) is 17.6 Å². The van der Waals surface area contributed by atoms with E-state index in [-0.39, 0.29) is 0 Å². The van der Waals surface area contributed by atoms with Crippen LogP contribution in [0.5, 0.6) is 11.5 Å². The van der Waals surface area contributed by atoms with Gasteiger partial charge in [0.15, 0.2) is 0 Å². The molecule has 0 heterocycles. The first-order valence-corrected chi connectivity index (χ1v) is 6.88. The average Bonchev–Trinajstić information content (AvgIpc) is 2.42. The quantitative estimate of drug-likeness (QED) is 0.870. The van der Waals surface area contributed by atoms with E-state index in [0.29, 0.717) is 18.8 Å². The predicted molar refractivity (Wildman–Crippen MR) is 73.3 cm³/mol. The summed E-state index contributed by atoms with van der Waals surface area (Å²) in [5.74, 6) is 1.85. The van der Waals surface area contributed by atoms with Crippen molar-refractivity contribution in [1.82, 2.24) is 5.32 Å². The second-order valence-corrected chi connectivity index (χ2v) is 4.80. The molecule has 1 aliphatic carbocycles. The topological polar surface area (TPSA) is 30.5 Å². The fraction of sp³-hybridized carbons (Fsp3) is 0.600. The second kappa shape index (κ2) is 6.64. The Kier molecular flexibility index (Phi) is 4.88. The summed E-state index contributed by atoms with van der Waals surface area (Å²) in [7, 11) is 2.03. The van der Waals surface area contributed by atoms with E-state index in [4.69, 9.17) is 9.47 Å². The van der Waals surface area contributed by atoms with Gasteiger partial charge in [0, 0.05) is 6.04 Å². The highest BCUT2D eigenvalue weighted by atomic mass is 16.5. The Bertz CT molecular complexity index is 350. The minimum Gasteiger partial charge on any atom is -0.494 e. The smallest absolute Gasteiger partial charge is 0.119 e. The number of hydrogen-bond donors (Lipinski definition) is 1. The van der Waals surface area contributed by atoms with Crippen molar-refractivity contribution in [3.05, 3.63) is 24.3 Å². The van der Waals surface area contributed by atoms with Crippen molar-refractivity contribution < 1.29 is 9.47 Å². The summed E-state index contributed by atoms with van der Waals surface area (Å²) in [5, 5.41) is 3.35. The molecule has 3 heteroatoms. The minimum atomic E-state index is 0.342. The fourth-order valence-corrected chi connectivity index (χ4v) is 2.49. The van der Waals surface area contributed by atoms with E-state index in [9.17, 15) is 0 Å². The molecule has 1 aromatic rings. The number of hydrogen-bond acceptors (Lipinski definition) is 3. The van der Waals surface area contributed by atoms with Gasteiger partial charge in [-0.3, -0.25) is 0 Å². The zero-order chi connectivity index (χ0) is 12.8. The van der Waals surface area contributed by atoms with Gasteiger partial charge in [0.2, 0.25) is 0 Å². The molecule has 0 bridgehead atoms. The Balaban J connectivity index is 1.88. The van der Waals surface area contributed by atoms with Crippen LogP contribution in [-0.4, -0.2) is 25.8 Å². The largest absolute Gasteiger partial charge is 0.494 e. The van der Waals surface area contributed by atoms with Crippen LogP contribution in [-0.2, 0) is 0 Å². The first-order chi connectivity index (χ1) is 8.81. The van der Waals surface area contributed by atoms with Gasteiger partial charge in [-0.2, -0.15) is 0 Å². The fourth-order valence-electron chi connectivity index (χ4n) is 2.49. The minimum absolute atomic E-state index is 0.342. The van der Waals surface area contributed by atoms with Crippen molar-refractivity contribution in [2.75, 3.05) is 13.7 Å². The molecule has 0 radical (unpaired) electrons. The molecule has 1 aromatic carbocycles. The van der Waals surface area contributed by atoms with Crippen LogP contribution in [0.1, 0.15) is 32.6 Å². The van der Waals surface area contributed by atoms with Gasteiger partial charge in [-0.1, -0.05) is 0 Å². The van der Waals surface area contributed by atoms with Crippen molar-refractivity contribution in [3.63, 3.8) is 0 Å². The van der Waals surface area contributed by atoms with Crippen LogP contribution in [0, 0.1) is 0 Å². The molecule has 2 rings (SSSR count). The lowest BCUT2D eigenvalue weighted by Crippen LogP contribution is -2.36. The molecule has 1 N–H and O–H groups in total. The number of benzene rings is 1. The average molecular weight is 249 g/mol. The van der Waals surface area contributed by atoms with E-state index >= 15 is 0 Å². The summed E-state index contributed by atoms with van der Waals surface area (Å²) in [5.41, 5.74) is 0. The lowest BCUT2D eigenvalue weighted by atomic mass is 9.93. The third-order valence-corrected chi connectivity index (χ3v) is 3.47. The van der Waals surface area contributed by atoms with Crippen molar-refractivity contribution in [3.8, 4) is 11.5 Å². The first-order valence-electron chi connectivity index (χ1n) is 6.88. The second-order valence-electron chi connectivity index (χ2n) is 4.80. The summed E-state index contributed by atoms with van der Waals surface area (Å²) in [6.07, 6.45) is 5.11. The Labute approximate surface area is 109 Å². The van der Waals surface area contributed by atoms with Gasteiger partial charge < -0.3 is 14.8 Å². The maximum absolute atomic E-state index is 6.02. The highest BCUT2D eigenvalue weighted by molar-refractivity contribution is 5.31. The van der Waals surface area contributed by atoms with Gasteiger partial charge in [0.25, 0.3) is 0 Å². The molecule has 0 aliphatic heterocycles. The molecule has 100 valence electrons. The van der Waals surface area contributed by atoms with Gasteiger partial charge in [-0.25, -0.2) is 0 Å². The Morgan fingerprint density at radius 1 is 1.17 bits per heavy atom. The molecule has 0 amide bonds. The molecule has 1 fully saturated rings. The van der Waals surface area contributed by atoms with E-state index < -0.39 is 0 Å². The molecule has 2 atom stereocenters. The Hall–Kier alpha value is -1.22. The third kappa shape index (κ3) is 3.64. The normalized spacial score (nSPS) is 23.7. The van der Waals surface area contributed by atoms with E-state index in [1.165, 1.54) is 12.8 Å². The highest BCUT2D eigenvalue weighted by Gasteiger charge is 2.21. The van der Waals surface area contributed by atoms with E-state index in [1.54, 1.807) is 0 Å². The van der Waals surface area contributed by atoms with Crippen LogP contribution in [0.3, 0.4) is 0 Å². The first kappa shape index (κ1) is 13.2. The van der Waals surface area contributed by atoms with Crippen LogP contribution < -0.4 is 14.8 Å². The molecule has 0 aromatic heterocycles. The monoisotopic (exact) mass is 249 g/mol. The van der Waals surface area contributed by atoms with Gasteiger partial charge >= 0.3 is 0 Å². The maximum atomic E-state index is 6.02. The maximum Gasteiger partial charge on any atom is 0.119 e. The van der Waals surface area contributed by atoms with Crippen LogP contribution >= 0.6 is 0 Å². The summed E-state index contributed by atoms with van der Waals surface area (Å²) < 4.78 is 11.4. The molecule has 1 saturated carbocycles. The Morgan fingerprint density at radius 2 is 1.89 bits per heavy atom. The van der Waals surface area contributed by atoms with Gasteiger partial charge in [-0.15, -0.1) is 0 Å². The molecule has 0 saturated heterocycles. The Morgan fingerprint density at radius 3 is 2.56 bits per heavy atom. The van der Waals surface area contributed by atoms with Crippen LogP contribution in [0.25, 0.3) is 0 Å². The summed E-state index contributed by atoms with van der Waals surface area (Å²) in [6, 6.07) is 8.53. The molecule has 18 heavy (non-hydrogen) atoms. The van der Waals surface area contributed by atoms with Crippen LogP contribution in [0.15, 0.2) is 24.3 Å². The SMILES string of the molecule is CCOc1ccc(OC2CCCC(NC)C2)cc1. The van der Waals surface area contributed by atoms with Crippen molar-refractivity contribution in [1.29, 1.82) is 0 Å². The van der Waals surface area contributed by atoms with Gasteiger partial charge in [-0.05, 0) is 63.9 Å². The summed E-state index contributed by atoms with van der Waals surface area (Å²) in [4.78, 5) is 0. The standard InChI is InChI=1S/C15H23NO2/c1-3-17-13-7-9-14(10-8-13)18-15-6-4-5-12(11-15)16-2/h7-10,12,15-16H,3-6,11H2,1-2H3. The van der Waals surface area contributed by atoms with Crippen molar-refractivity contribution in [2.45, 2.75) is 44.8 Å². The summed E-state index contributed by atoms with van der Waals surface area (Å²) in [6.45, 7) is 2.69. The lowest BCUT2D eigenvalue weighted by Gasteiger charge is -2.29. The van der Waals surface area contributed by atoms with E-state index in [1.807, 2.05) is 38.2 Å². The molecular weight excluding hydrogens is 226 g/mol. The lowest BCUT2D eigenvalue weighted by molar-refractivity contribution is 0.137. The van der Waals surface area contributed by atoms with Crippen molar-refractivity contribution >= 4 is 0 Å². The number of nitrogens with one attached hydrogen (secondary N) is 1. The molecule has 2 unspecified atom stereocenters. The zero-order valence-electron chi connectivity index (χ0n) is 11.3.